The van der Waals surface area contributed by atoms with Gasteiger partial charge >= 0.3 is 12.0 Å². The van der Waals surface area contributed by atoms with Crippen molar-refractivity contribution < 1.29 is 14.7 Å². The van der Waals surface area contributed by atoms with Gasteiger partial charge in [-0.15, -0.1) is 0 Å². The topological polar surface area (TPSA) is 69.6 Å². The van der Waals surface area contributed by atoms with Crippen molar-refractivity contribution in [1.82, 2.24) is 10.2 Å². The molecule has 0 aliphatic rings. The van der Waals surface area contributed by atoms with E-state index in [-0.39, 0.29) is 6.03 Å². The fraction of sp³-hybridized carbons (Fsp3) is 0.500. The lowest BCUT2D eigenvalue weighted by Gasteiger charge is -2.30. The zero-order valence-corrected chi connectivity index (χ0v) is 13.1. The van der Waals surface area contributed by atoms with Crippen LogP contribution in [0.5, 0.6) is 0 Å². The van der Waals surface area contributed by atoms with Crippen molar-refractivity contribution in [3.8, 4) is 0 Å². The Labute approximate surface area is 126 Å². The summed E-state index contributed by atoms with van der Waals surface area (Å²) >= 11 is 0. The molecule has 5 heteroatoms. The summed E-state index contributed by atoms with van der Waals surface area (Å²) in [5, 5.41) is 11.9. The first kappa shape index (κ1) is 17.0. The van der Waals surface area contributed by atoms with Crippen LogP contribution in [-0.2, 0) is 11.3 Å². The molecule has 1 rings (SSSR count). The van der Waals surface area contributed by atoms with Crippen molar-refractivity contribution in [3.63, 3.8) is 0 Å². The van der Waals surface area contributed by atoms with Crippen molar-refractivity contribution in [2.75, 3.05) is 6.54 Å². The molecule has 1 aromatic carbocycles. The van der Waals surface area contributed by atoms with E-state index in [4.69, 9.17) is 0 Å². The van der Waals surface area contributed by atoms with Gasteiger partial charge in [-0.05, 0) is 17.9 Å². The van der Waals surface area contributed by atoms with Gasteiger partial charge in [0.25, 0.3) is 0 Å². The van der Waals surface area contributed by atoms with Gasteiger partial charge in [0.2, 0.25) is 0 Å². The monoisotopic (exact) mass is 292 g/mol. The largest absolute Gasteiger partial charge is 0.480 e. The van der Waals surface area contributed by atoms with Crippen LogP contribution in [0.2, 0.25) is 0 Å². The molecule has 0 heterocycles. The third kappa shape index (κ3) is 5.10. The Morgan fingerprint density at radius 1 is 1.24 bits per heavy atom. The molecular weight excluding hydrogens is 268 g/mol. The van der Waals surface area contributed by atoms with Crippen LogP contribution in [-0.4, -0.2) is 34.6 Å². The average Bonchev–Trinajstić information content (AvgIpc) is 2.41. The molecule has 0 bridgehead atoms. The van der Waals surface area contributed by atoms with Gasteiger partial charge in [0.15, 0.2) is 0 Å². The van der Waals surface area contributed by atoms with E-state index < -0.39 is 17.4 Å². The first-order chi connectivity index (χ1) is 9.75. The van der Waals surface area contributed by atoms with Gasteiger partial charge in [-0.1, -0.05) is 51.1 Å². The highest BCUT2D eigenvalue weighted by Gasteiger charge is 2.33. The fourth-order valence-electron chi connectivity index (χ4n) is 1.99. The van der Waals surface area contributed by atoms with Crippen molar-refractivity contribution in [2.24, 2.45) is 5.41 Å². The summed E-state index contributed by atoms with van der Waals surface area (Å²) in [6.07, 6.45) is 0. The SMILES string of the molecule is CCN(Cc1ccccc1)C(=O)N[C@@H](C(=O)O)C(C)(C)C. The molecule has 116 valence electrons. The minimum Gasteiger partial charge on any atom is -0.480 e. The van der Waals surface area contributed by atoms with Gasteiger partial charge in [-0.3, -0.25) is 0 Å². The van der Waals surface area contributed by atoms with Gasteiger partial charge in [0, 0.05) is 13.1 Å². The second-order valence-electron chi connectivity index (χ2n) is 6.09. The van der Waals surface area contributed by atoms with Gasteiger partial charge in [0.1, 0.15) is 6.04 Å². The minimum absolute atomic E-state index is 0.358. The minimum atomic E-state index is -1.02. The van der Waals surface area contributed by atoms with Crippen LogP contribution in [0.3, 0.4) is 0 Å². The number of carboxylic acid groups (broad SMARTS) is 1. The third-order valence-electron chi connectivity index (χ3n) is 3.27. The number of hydrogen-bond acceptors (Lipinski definition) is 2. The van der Waals surface area contributed by atoms with E-state index in [2.05, 4.69) is 5.32 Å². The highest BCUT2D eigenvalue weighted by atomic mass is 16.4. The lowest BCUT2D eigenvalue weighted by Crippen LogP contribution is -2.53. The van der Waals surface area contributed by atoms with Gasteiger partial charge < -0.3 is 15.3 Å². The summed E-state index contributed by atoms with van der Waals surface area (Å²) in [7, 11) is 0. The number of urea groups is 1. The number of nitrogens with zero attached hydrogens (tertiary/aromatic N) is 1. The molecule has 0 aromatic heterocycles. The summed E-state index contributed by atoms with van der Waals surface area (Å²) in [6, 6.07) is 8.34. The Morgan fingerprint density at radius 3 is 2.24 bits per heavy atom. The number of hydrogen-bond donors (Lipinski definition) is 2. The highest BCUT2D eigenvalue weighted by Crippen LogP contribution is 2.19. The molecule has 2 amide bonds. The van der Waals surface area contributed by atoms with Crippen LogP contribution >= 0.6 is 0 Å². The van der Waals surface area contributed by atoms with Crippen molar-refractivity contribution in [1.29, 1.82) is 0 Å². The standard InChI is InChI=1S/C16H24N2O3/c1-5-18(11-12-9-7-6-8-10-12)15(21)17-13(14(19)20)16(2,3)4/h6-10,13H,5,11H2,1-4H3,(H,17,21)(H,19,20)/t13-/m0/s1. The second-order valence-corrected chi connectivity index (χ2v) is 6.09. The van der Waals surface area contributed by atoms with Gasteiger partial charge in [-0.2, -0.15) is 0 Å². The number of benzene rings is 1. The van der Waals surface area contributed by atoms with Crippen molar-refractivity contribution in [2.45, 2.75) is 40.3 Å². The van der Waals surface area contributed by atoms with Crippen LogP contribution in [0.25, 0.3) is 0 Å². The number of amides is 2. The summed E-state index contributed by atoms with van der Waals surface area (Å²) in [4.78, 5) is 25.2. The Balaban J connectivity index is 2.77. The number of carboxylic acids is 1. The predicted molar refractivity (Wildman–Crippen MR) is 81.9 cm³/mol. The van der Waals surface area contributed by atoms with Gasteiger partial charge in [0.05, 0.1) is 0 Å². The Kier molecular flexibility index (Phi) is 5.76. The Morgan fingerprint density at radius 2 is 1.81 bits per heavy atom. The summed E-state index contributed by atoms with van der Waals surface area (Å²) in [5.41, 5.74) is 0.463. The van der Waals surface area contributed by atoms with E-state index in [1.54, 1.807) is 25.7 Å². The number of aliphatic carboxylic acids is 1. The zero-order chi connectivity index (χ0) is 16.0. The summed E-state index contributed by atoms with van der Waals surface area (Å²) < 4.78 is 0. The van der Waals surface area contributed by atoms with E-state index in [0.29, 0.717) is 13.1 Å². The van der Waals surface area contributed by atoms with Crippen LogP contribution in [0.1, 0.15) is 33.3 Å². The van der Waals surface area contributed by atoms with E-state index in [1.165, 1.54) is 0 Å². The lowest BCUT2D eigenvalue weighted by atomic mass is 9.87. The fourth-order valence-corrected chi connectivity index (χ4v) is 1.99. The molecule has 0 saturated carbocycles. The highest BCUT2D eigenvalue weighted by molar-refractivity contribution is 5.83. The van der Waals surface area contributed by atoms with E-state index in [0.717, 1.165) is 5.56 Å². The first-order valence-corrected chi connectivity index (χ1v) is 7.08. The smallest absolute Gasteiger partial charge is 0.326 e. The quantitative estimate of drug-likeness (QED) is 0.876. The lowest BCUT2D eigenvalue weighted by molar-refractivity contribution is -0.142. The van der Waals surface area contributed by atoms with Crippen LogP contribution in [0.15, 0.2) is 30.3 Å². The maximum absolute atomic E-state index is 12.3. The molecule has 2 N–H and O–H groups in total. The molecule has 21 heavy (non-hydrogen) atoms. The summed E-state index contributed by atoms with van der Waals surface area (Å²) in [5.74, 6) is -1.02. The number of carbonyl (C=O) groups excluding carboxylic acids is 1. The maximum atomic E-state index is 12.3. The summed E-state index contributed by atoms with van der Waals surface area (Å²) in [6.45, 7) is 8.21. The predicted octanol–water partition coefficient (Wildman–Crippen LogP) is 2.72. The van der Waals surface area contributed by atoms with Gasteiger partial charge in [-0.25, -0.2) is 9.59 Å². The number of carbonyl (C=O) groups is 2. The number of nitrogens with one attached hydrogen (secondary N) is 1. The Bertz CT molecular complexity index is 480. The van der Waals surface area contributed by atoms with Crippen LogP contribution in [0.4, 0.5) is 4.79 Å². The molecule has 0 spiro atoms. The molecule has 1 aromatic rings. The van der Waals surface area contributed by atoms with Crippen molar-refractivity contribution >= 4 is 12.0 Å². The first-order valence-electron chi connectivity index (χ1n) is 7.08. The Hall–Kier alpha value is -2.04. The van der Waals surface area contributed by atoms with E-state index in [9.17, 15) is 14.7 Å². The van der Waals surface area contributed by atoms with Crippen molar-refractivity contribution in [3.05, 3.63) is 35.9 Å². The molecular formula is C16H24N2O3. The molecule has 0 saturated heterocycles. The molecule has 0 unspecified atom stereocenters. The molecule has 0 radical (unpaired) electrons. The van der Waals surface area contributed by atoms with E-state index >= 15 is 0 Å². The second kappa shape index (κ2) is 7.11. The maximum Gasteiger partial charge on any atom is 0.326 e. The molecule has 0 fully saturated rings. The third-order valence-corrected chi connectivity index (χ3v) is 3.27. The normalized spacial score (nSPS) is 12.6. The van der Waals surface area contributed by atoms with Crippen LogP contribution in [0, 0.1) is 5.41 Å². The van der Waals surface area contributed by atoms with E-state index in [1.807, 2.05) is 37.3 Å². The average molecular weight is 292 g/mol. The molecule has 5 nitrogen and oxygen atoms in total. The zero-order valence-electron chi connectivity index (χ0n) is 13.1. The van der Waals surface area contributed by atoms with Crippen LogP contribution < -0.4 is 5.32 Å². The number of rotatable bonds is 5. The molecule has 0 aliphatic heterocycles. The molecule has 1 atom stereocenters. The molecule has 0 aliphatic carbocycles.